The summed E-state index contributed by atoms with van der Waals surface area (Å²) in [5, 5.41) is 8.06. The first-order valence-corrected chi connectivity index (χ1v) is 11.7. The van der Waals surface area contributed by atoms with Crippen molar-refractivity contribution >= 4 is 23.4 Å². The first kappa shape index (κ1) is 21.4. The molecule has 1 fully saturated rings. The van der Waals surface area contributed by atoms with E-state index in [0.29, 0.717) is 6.04 Å². The van der Waals surface area contributed by atoms with Gasteiger partial charge in [0.15, 0.2) is 0 Å². The molecule has 5 nitrogen and oxygen atoms in total. The van der Waals surface area contributed by atoms with Gasteiger partial charge in [-0.05, 0) is 81.5 Å². The van der Waals surface area contributed by atoms with Crippen LogP contribution in [0.4, 0.5) is 11.8 Å². The highest BCUT2D eigenvalue weighted by Gasteiger charge is 2.23. The number of nitrogens with one attached hydrogen (secondary N) is 2. The molecule has 0 spiro atoms. The summed E-state index contributed by atoms with van der Waals surface area (Å²) in [6, 6.07) is 8.59. The van der Waals surface area contributed by atoms with Gasteiger partial charge in [-0.3, -0.25) is 0 Å². The molecule has 1 saturated carbocycles. The summed E-state index contributed by atoms with van der Waals surface area (Å²) in [5.41, 5.74) is 3.89. The molecular weight excluding hydrogens is 394 g/mol. The van der Waals surface area contributed by atoms with Gasteiger partial charge in [-0.25, -0.2) is 4.98 Å². The van der Waals surface area contributed by atoms with Crippen LogP contribution >= 0.6 is 11.6 Å². The van der Waals surface area contributed by atoms with Crippen LogP contribution in [0.25, 0.3) is 0 Å². The van der Waals surface area contributed by atoms with E-state index in [1.54, 1.807) is 0 Å². The molecule has 0 aliphatic heterocycles. The Hall–Kier alpha value is -1.85. The average Bonchev–Trinajstić information content (AvgIpc) is 2.76. The fraction of sp³-hybridized carbons (Fsp3) is 0.583. The van der Waals surface area contributed by atoms with Gasteiger partial charge in [0, 0.05) is 37.3 Å². The Morgan fingerprint density at radius 3 is 2.47 bits per heavy atom. The van der Waals surface area contributed by atoms with Crippen LogP contribution in [-0.4, -0.2) is 36.6 Å². The van der Waals surface area contributed by atoms with Gasteiger partial charge >= 0.3 is 0 Å². The maximum Gasteiger partial charge on any atom is 0.225 e. The number of rotatable bonds is 7. The van der Waals surface area contributed by atoms with Crippen LogP contribution in [0.1, 0.15) is 55.3 Å². The van der Waals surface area contributed by atoms with E-state index in [2.05, 4.69) is 41.8 Å². The number of aryl methyl sites for hydroxylation is 1. The van der Waals surface area contributed by atoms with Crippen molar-refractivity contribution in [1.82, 2.24) is 15.3 Å². The summed E-state index contributed by atoms with van der Waals surface area (Å²) < 4.78 is 0. The molecule has 0 radical (unpaired) electrons. The molecule has 4 rings (SSSR count). The predicted octanol–water partition coefficient (Wildman–Crippen LogP) is 4.84. The molecule has 1 heterocycles. The van der Waals surface area contributed by atoms with E-state index in [1.807, 2.05) is 12.1 Å². The summed E-state index contributed by atoms with van der Waals surface area (Å²) in [7, 11) is 4.17. The van der Waals surface area contributed by atoms with Gasteiger partial charge in [0.05, 0.1) is 5.69 Å². The zero-order valence-electron chi connectivity index (χ0n) is 18.3. The number of aromatic nitrogens is 2. The van der Waals surface area contributed by atoms with Gasteiger partial charge in [-0.15, -0.1) is 0 Å². The van der Waals surface area contributed by atoms with E-state index >= 15 is 0 Å². The van der Waals surface area contributed by atoms with Crippen LogP contribution in [0.15, 0.2) is 24.3 Å². The van der Waals surface area contributed by atoms with Crippen molar-refractivity contribution in [1.29, 1.82) is 0 Å². The van der Waals surface area contributed by atoms with E-state index in [1.165, 1.54) is 55.3 Å². The molecule has 2 N–H and O–H groups in total. The van der Waals surface area contributed by atoms with Gasteiger partial charge in [-0.2, -0.15) is 4.98 Å². The Kier molecular flexibility index (Phi) is 7.11. The molecular formula is C24H34ClN5. The van der Waals surface area contributed by atoms with Crippen molar-refractivity contribution in [3.8, 4) is 0 Å². The zero-order chi connectivity index (χ0) is 20.9. The largest absolute Gasteiger partial charge is 0.362 e. The predicted molar refractivity (Wildman–Crippen MR) is 126 cm³/mol. The lowest BCUT2D eigenvalue weighted by Crippen LogP contribution is -2.32. The average molecular weight is 428 g/mol. The van der Waals surface area contributed by atoms with E-state index in [0.717, 1.165) is 48.6 Å². The molecule has 0 atom stereocenters. The van der Waals surface area contributed by atoms with E-state index in [9.17, 15) is 0 Å². The van der Waals surface area contributed by atoms with Crippen molar-refractivity contribution in [2.75, 3.05) is 30.9 Å². The van der Waals surface area contributed by atoms with Crippen LogP contribution < -0.4 is 15.5 Å². The quantitative estimate of drug-likeness (QED) is 0.662. The minimum atomic E-state index is 0.481. The number of fused-ring (bicyclic) bond motifs is 1. The Bertz CT molecular complexity index is 828. The van der Waals surface area contributed by atoms with Crippen molar-refractivity contribution in [3.05, 3.63) is 46.1 Å². The maximum atomic E-state index is 5.96. The standard InChI is InChI=1S/C24H34ClN5/c1-30(2)23-21-5-3-4-6-22(21)28-24(29-23)27-20-13-9-18(10-14-20)16-26-15-17-7-11-19(25)12-8-17/h7-8,11-12,18,20,26H,3-6,9-10,13-16H2,1-2H3,(H,27,28,29)/t18-,20+. The molecule has 0 amide bonds. The second-order valence-corrected chi connectivity index (χ2v) is 9.45. The lowest BCUT2D eigenvalue weighted by molar-refractivity contribution is 0.323. The molecule has 6 heteroatoms. The minimum Gasteiger partial charge on any atom is -0.362 e. The highest BCUT2D eigenvalue weighted by molar-refractivity contribution is 6.30. The maximum absolute atomic E-state index is 5.96. The number of halogens is 1. The van der Waals surface area contributed by atoms with Gasteiger partial charge in [-0.1, -0.05) is 23.7 Å². The smallest absolute Gasteiger partial charge is 0.225 e. The number of nitrogens with zero attached hydrogens (tertiary/aromatic N) is 3. The Balaban J connectivity index is 1.26. The topological polar surface area (TPSA) is 53.1 Å². The summed E-state index contributed by atoms with van der Waals surface area (Å²) in [6.07, 6.45) is 9.55. The number of anilines is 2. The van der Waals surface area contributed by atoms with Gasteiger partial charge in [0.2, 0.25) is 5.95 Å². The monoisotopic (exact) mass is 427 g/mol. The molecule has 30 heavy (non-hydrogen) atoms. The minimum absolute atomic E-state index is 0.481. The normalized spacial score (nSPS) is 21.2. The second kappa shape index (κ2) is 9.97. The third kappa shape index (κ3) is 5.44. The second-order valence-electron chi connectivity index (χ2n) is 9.02. The van der Waals surface area contributed by atoms with E-state index in [-0.39, 0.29) is 0 Å². The molecule has 0 bridgehead atoms. The molecule has 2 aliphatic rings. The van der Waals surface area contributed by atoms with Gasteiger partial charge in [0.1, 0.15) is 5.82 Å². The summed E-state index contributed by atoms with van der Waals surface area (Å²) in [6.45, 7) is 1.99. The van der Waals surface area contributed by atoms with Crippen LogP contribution in [-0.2, 0) is 19.4 Å². The number of benzene rings is 1. The Morgan fingerprint density at radius 1 is 1.00 bits per heavy atom. The van der Waals surface area contributed by atoms with Crippen LogP contribution in [0.3, 0.4) is 0 Å². The van der Waals surface area contributed by atoms with Crippen LogP contribution in [0.2, 0.25) is 5.02 Å². The first-order valence-electron chi connectivity index (χ1n) is 11.4. The molecule has 1 aromatic heterocycles. The highest BCUT2D eigenvalue weighted by atomic mass is 35.5. The van der Waals surface area contributed by atoms with E-state index in [4.69, 9.17) is 21.6 Å². The first-order chi connectivity index (χ1) is 14.6. The molecule has 0 unspecified atom stereocenters. The van der Waals surface area contributed by atoms with E-state index < -0.39 is 0 Å². The lowest BCUT2D eigenvalue weighted by Gasteiger charge is -2.30. The SMILES string of the molecule is CN(C)c1nc(N[C@H]2CC[C@@H](CNCc3ccc(Cl)cc3)CC2)nc2c1CCCC2. The third-order valence-corrected chi connectivity index (χ3v) is 6.69. The van der Waals surface area contributed by atoms with Crippen molar-refractivity contribution in [3.63, 3.8) is 0 Å². The molecule has 162 valence electrons. The highest BCUT2D eigenvalue weighted by Crippen LogP contribution is 2.30. The molecule has 2 aromatic rings. The Morgan fingerprint density at radius 2 is 1.73 bits per heavy atom. The summed E-state index contributed by atoms with van der Waals surface area (Å²) in [4.78, 5) is 11.9. The lowest BCUT2D eigenvalue weighted by atomic mass is 9.86. The Labute approximate surface area is 185 Å². The molecule has 1 aromatic carbocycles. The van der Waals surface area contributed by atoms with Crippen molar-refractivity contribution in [2.24, 2.45) is 5.92 Å². The molecule has 0 saturated heterocycles. The zero-order valence-corrected chi connectivity index (χ0v) is 19.0. The van der Waals surface area contributed by atoms with Crippen LogP contribution in [0, 0.1) is 5.92 Å². The van der Waals surface area contributed by atoms with Crippen LogP contribution in [0.5, 0.6) is 0 Å². The third-order valence-electron chi connectivity index (χ3n) is 6.44. The summed E-state index contributed by atoms with van der Waals surface area (Å²) >= 11 is 5.96. The fourth-order valence-corrected chi connectivity index (χ4v) is 4.85. The van der Waals surface area contributed by atoms with Gasteiger partial charge in [0.25, 0.3) is 0 Å². The summed E-state index contributed by atoms with van der Waals surface area (Å²) in [5.74, 6) is 2.67. The number of hydrogen-bond acceptors (Lipinski definition) is 5. The van der Waals surface area contributed by atoms with Gasteiger partial charge < -0.3 is 15.5 Å². The van der Waals surface area contributed by atoms with Crippen molar-refractivity contribution < 1.29 is 0 Å². The number of hydrogen-bond donors (Lipinski definition) is 2. The molecule has 2 aliphatic carbocycles. The fourth-order valence-electron chi connectivity index (χ4n) is 4.73. The van der Waals surface area contributed by atoms with Crippen molar-refractivity contribution in [2.45, 2.75) is 64.0 Å².